The zero-order chi connectivity index (χ0) is 23.6. The molecule has 0 aromatic heterocycles. The van der Waals surface area contributed by atoms with Crippen LogP contribution in [0.3, 0.4) is 0 Å². The number of nitrogens with zero attached hydrogens (tertiary/aromatic N) is 2. The lowest BCUT2D eigenvalue weighted by Gasteiger charge is -2.37. The first kappa shape index (κ1) is 24.1. The molecule has 2 atom stereocenters. The zero-order valence-electron chi connectivity index (χ0n) is 19.0. The highest BCUT2D eigenvalue weighted by Crippen LogP contribution is 2.31. The van der Waals surface area contributed by atoms with Crippen molar-refractivity contribution < 1.29 is 4.79 Å². The molecular formula is C25H30Cl2N4O. The Morgan fingerprint density at radius 3 is 2.59 bits per heavy atom. The maximum absolute atomic E-state index is 12.8. The van der Waals surface area contributed by atoms with Crippen LogP contribution in [-0.4, -0.2) is 22.3 Å². The quantitative estimate of drug-likeness (QED) is 0.536. The fraction of sp³-hybridized carbons (Fsp3) is 0.360. The number of amides is 1. The Labute approximate surface area is 200 Å². The highest BCUT2D eigenvalue weighted by Gasteiger charge is 2.38. The zero-order valence-corrected chi connectivity index (χ0v) is 20.5. The van der Waals surface area contributed by atoms with E-state index in [9.17, 15) is 4.79 Å². The SMILES string of the molecule is C=C(N[C@@H](C)c1cccc(Cl)c1)c1cc(CN2C(=O)C[C@@](C)(C(C)C)N=C2N)ccc1Cl. The van der Waals surface area contributed by atoms with Gasteiger partial charge in [0.05, 0.1) is 18.5 Å². The van der Waals surface area contributed by atoms with Crippen LogP contribution >= 0.6 is 23.2 Å². The predicted molar refractivity (Wildman–Crippen MR) is 134 cm³/mol. The summed E-state index contributed by atoms with van der Waals surface area (Å²) in [5.41, 5.74) is 9.10. The van der Waals surface area contributed by atoms with E-state index < -0.39 is 5.54 Å². The van der Waals surface area contributed by atoms with Gasteiger partial charge in [0.15, 0.2) is 5.96 Å². The van der Waals surface area contributed by atoms with Gasteiger partial charge in [0.25, 0.3) is 0 Å². The van der Waals surface area contributed by atoms with Gasteiger partial charge in [-0.15, -0.1) is 0 Å². The first-order valence-corrected chi connectivity index (χ1v) is 11.4. The Morgan fingerprint density at radius 1 is 1.25 bits per heavy atom. The largest absolute Gasteiger partial charge is 0.378 e. The molecule has 32 heavy (non-hydrogen) atoms. The molecule has 0 saturated carbocycles. The first-order chi connectivity index (χ1) is 15.0. The van der Waals surface area contributed by atoms with Gasteiger partial charge in [-0.1, -0.05) is 61.8 Å². The summed E-state index contributed by atoms with van der Waals surface area (Å²) < 4.78 is 0. The molecule has 0 fully saturated rings. The Hall–Kier alpha value is -2.50. The van der Waals surface area contributed by atoms with Crippen molar-refractivity contribution in [2.75, 3.05) is 0 Å². The number of halogens is 2. The van der Waals surface area contributed by atoms with Gasteiger partial charge in [0.2, 0.25) is 5.91 Å². The van der Waals surface area contributed by atoms with E-state index in [-0.39, 0.29) is 23.8 Å². The highest BCUT2D eigenvalue weighted by atomic mass is 35.5. The summed E-state index contributed by atoms with van der Waals surface area (Å²) >= 11 is 12.6. The molecule has 3 N–H and O–H groups in total. The number of carbonyl (C=O) groups is 1. The number of nitrogens with one attached hydrogen (secondary N) is 1. The van der Waals surface area contributed by atoms with Crippen LogP contribution in [0.2, 0.25) is 10.0 Å². The number of carbonyl (C=O) groups excluding carboxylic acids is 1. The van der Waals surface area contributed by atoms with Gasteiger partial charge in [0, 0.05) is 27.3 Å². The van der Waals surface area contributed by atoms with Gasteiger partial charge in [-0.25, -0.2) is 4.99 Å². The third-order valence-electron chi connectivity index (χ3n) is 6.14. The summed E-state index contributed by atoms with van der Waals surface area (Å²) in [6.07, 6.45) is 0.331. The molecule has 0 unspecified atom stereocenters. The maximum atomic E-state index is 12.8. The minimum absolute atomic E-state index is 0.0129. The minimum atomic E-state index is -0.475. The van der Waals surface area contributed by atoms with Crippen molar-refractivity contribution >= 4 is 40.8 Å². The molecule has 2 aromatic carbocycles. The predicted octanol–water partition coefficient (Wildman–Crippen LogP) is 5.78. The second-order valence-electron chi connectivity index (χ2n) is 8.85. The van der Waals surface area contributed by atoms with Crippen LogP contribution < -0.4 is 11.1 Å². The van der Waals surface area contributed by atoms with Crippen LogP contribution in [0.4, 0.5) is 0 Å². The van der Waals surface area contributed by atoms with Crippen molar-refractivity contribution in [3.05, 3.63) is 75.8 Å². The molecule has 1 amide bonds. The van der Waals surface area contributed by atoms with Gasteiger partial charge in [0.1, 0.15) is 0 Å². The molecule has 170 valence electrons. The van der Waals surface area contributed by atoms with Crippen molar-refractivity contribution in [1.82, 2.24) is 10.2 Å². The highest BCUT2D eigenvalue weighted by molar-refractivity contribution is 6.32. The maximum Gasteiger partial charge on any atom is 0.232 e. The lowest BCUT2D eigenvalue weighted by atomic mass is 9.84. The molecule has 2 aromatic rings. The number of rotatable bonds is 7. The molecule has 5 nitrogen and oxygen atoms in total. The minimum Gasteiger partial charge on any atom is -0.378 e. The number of aliphatic imine (C=N–C) groups is 1. The normalized spacial score (nSPS) is 19.7. The van der Waals surface area contributed by atoms with Gasteiger partial charge in [-0.05, 0) is 55.2 Å². The van der Waals surface area contributed by atoms with Crippen molar-refractivity contribution in [2.45, 2.75) is 52.2 Å². The number of nitrogens with two attached hydrogens (primary N) is 1. The Kier molecular flexibility index (Phi) is 7.21. The van der Waals surface area contributed by atoms with Gasteiger partial charge >= 0.3 is 0 Å². The van der Waals surface area contributed by atoms with E-state index in [2.05, 4.69) is 16.9 Å². The smallest absolute Gasteiger partial charge is 0.232 e. The van der Waals surface area contributed by atoms with Crippen molar-refractivity contribution in [3.63, 3.8) is 0 Å². The van der Waals surface area contributed by atoms with E-state index in [1.54, 1.807) is 0 Å². The van der Waals surface area contributed by atoms with Crippen LogP contribution in [0.15, 0.2) is 54.0 Å². The molecule has 0 radical (unpaired) electrons. The molecule has 0 bridgehead atoms. The van der Waals surface area contributed by atoms with Crippen molar-refractivity contribution in [3.8, 4) is 0 Å². The van der Waals surface area contributed by atoms with Gasteiger partial charge in [-0.3, -0.25) is 9.69 Å². The van der Waals surface area contributed by atoms with E-state index in [1.807, 2.05) is 70.2 Å². The average Bonchev–Trinajstić information content (AvgIpc) is 2.71. The fourth-order valence-corrected chi connectivity index (χ4v) is 4.11. The Balaban J connectivity index is 1.78. The van der Waals surface area contributed by atoms with Gasteiger partial charge < -0.3 is 11.1 Å². The molecule has 3 rings (SSSR count). The summed E-state index contributed by atoms with van der Waals surface area (Å²) in [5.74, 6) is 0.433. The van der Waals surface area contributed by atoms with E-state index >= 15 is 0 Å². The number of hydrogen-bond donors (Lipinski definition) is 2. The Morgan fingerprint density at radius 2 is 1.97 bits per heavy atom. The fourth-order valence-electron chi connectivity index (χ4n) is 3.68. The summed E-state index contributed by atoms with van der Waals surface area (Å²) in [6.45, 7) is 12.6. The number of benzene rings is 2. The molecule has 1 aliphatic heterocycles. The number of guanidine groups is 1. The lowest BCUT2D eigenvalue weighted by Crippen LogP contribution is -2.51. The van der Waals surface area contributed by atoms with Crippen molar-refractivity contribution in [2.24, 2.45) is 16.6 Å². The standard InChI is InChI=1S/C25H30Cl2N4O/c1-15(2)25(5)13-23(32)31(24(28)30-25)14-18-9-10-22(27)21(11-18)17(4)29-16(3)19-7-6-8-20(26)12-19/h6-12,15-16,29H,4,13-14H2,1-3,5H3,(H2,28,30)/t16-,25-/m0/s1. The van der Waals surface area contributed by atoms with E-state index in [1.165, 1.54) is 4.90 Å². The molecule has 7 heteroatoms. The van der Waals surface area contributed by atoms with E-state index in [0.29, 0.717) is 28.7 Å². The van der Waals surface area contributed by atoms with Crippen molar-refractivity contribution in [1.29, 1.82) is 0 Å². The molecule has 1 heterocycles. The lowest BCUT2D eigenvalue weighted by molar-refractivity contribution is -0.130. The molecular weight excluding hydrogens is 443 g/mol. The summed E-state index contributed by atoms with van der Waals surface area (Å²) in [5, 5.41) is 4.64. The molecule has 1 aliphatic rings. The first-order valence-electron chi connectivity index (χ1n) is 10.7. The summed E-state index contributed by atoms with van der Waals surface area (Å²) in [4.78, 5) is 19.0. The topological polar surface area (TPSA) is 70.7 Å². The van der Waals surface area contributed by atoms with Crippen LogP contribution in [-0.2, 0) is 11.3 Å². The van der Waals surface area contributed by atoms with Crippen LogP contribution in [0.5, 0.6) is 0 Å². The average molecular weight is 473 g/mol. The summed E-state index contributed by atoms with van der Waals surface area (Å²) in [6, 6.07) is 13.3. The second kappa shape index (κ2) is 9.55. The van der Waals surface area contributed by atoms with E-state index in [4.69, 9.17) is 28.9 Å². The van der Waals surface area contributed by atoms with Crippen LogP contribution in [0.25, 0.3) is 5.70 Å². The summed E-state index contributed by atoms with van der Waals surface area (Å²) in [7, 11) is 0. The third kappa shape index (κ3) is 5.28. The monoisotopic (exact) mass is 472 g/mol. The van der Waals surface area contributed by atoms with Crippen LogP contribution in [0.1, 0.15) is 56.8 Å². The van der Waals surface area contributed by atoms with E-state index in [0.717, 1.165) is 16.7 Å². The molecule has 0 spiro atoms. The third-order valence-corrected chi connectivity index (χ3v) is 6.70. The van der Waals surface area contributed by atoms with Gasteiger partial charge in [-0.2, -0.15) is 0 Å². The molecule has 0 aliphatic carbocycles. The Bertz CT molecular complexity index is 1070. The molecule has 0 saturated heterocycles. The van der Waals surface area contributed by atoms with Crippen LogP contribution in [0, 0.1) is 5.92 Å². The second-order valence-corrected chi connectivity index (χ2v) is 9.70. The number of hydrogen-bond acceptors (Lipinski definition) is 4.